The molecule has 1 aromatic rings. The first kappa shape index (κ1) is 16.1. The van der Waals surface area contributed by atoms with E-state index in [1.54, 1.807) is 19.1 Å². The molecule has 1 aliphatic rings. The molecule has 0 aliphatic carbocycles. The lowest BCUT2D eigenvalue weighted by molar-refractivity contribution is 0.222. The minimum Gasteiger partial charge on any atom is -0.493 e. The highest BCUT2D eigenvalue weighted by atomic mass is 32.2. The van der Waals surface area contributed by atoms with Gasteiger partial charge in [0.15, 0.2) is 11.5 Å². The molecular weight excluding hydrogens is 292 g/mol. The van der Waals surface area contributed by atoms with Crippen molar-refractivity contribution in [2.45, 2.75) is 11.8 Å². The first-order chi connectivity index (χ1) is 9.90. The van der Waals surface area contributed by atoms with Crippen molar-refractivity contribution < 1.29 is 17.9 Å². The molecule has 0 unspecified atom stereocenters. The number of piperazine rings is 1. The molecule has 7 heteroatoms. The number of rotatable bonds is 4. The number of likely N-dealkylation sites (N-methyl/N-ethyl adjacent to an activating group) is 1. The van der Waals surface area contributed by atoms with Crippen molar-refractivity contribution in [1.82, 2.24) is 9.21 Å². The van der Waals surface area contributed by atoms with Crippen LogP contribution in [0.15, 0.2) is 17.0 Å². The molecule has 118 valence electrons. The molecule has 6 nitrogen and oxygen atoms in total. The average molecular weight is 314 g/mol. The first-order valence-corrected chi connectivity index (χ1v) is 8.25. The molecule has 0 amide bonds. The summed E-state index contributed by atoms with van der Waals surface area (Å²) >= 11 is 0. The molecule has 1 aromatic carbocycles. The second-order valence-corrected chi connectivity index (χ2v) is 7.09. The van der Waals surface area contributed by atoms with E-state index in [9.17, 15) is 8.42 Å². The van der Waals surface area contributed by atoms with E-state index < -0.39 is 10.0 Å². The zero-order valence-corrected chi connectivity index (χ0v) is 13.7. The van der Waals surface area contributed by atoms with E-state index >= 15 is 0 Å². The van der Waals surface area contributed by atoms with Crippen LogP contribution in [-0.2, 0) is 10.0 Å². The molecule has 21 heavy (non-hydrogen) atoms. The highest BCUT2D eigenvalue weighted by molar-refractivity contribution is 7.89. The van der Waals surface area contributed by atoms with Crippen LogP contribution in [-0.4, -0.2) is 65.1 Å². The predicted octanol–water partition coefficient (Wildman–Crippen LogP) is 0.948. The number of benzene rings is 1. The quantitative estimate of drug-likeness (QED) is 0.828. The van der Waals surface area contributed by atoms with Gasteiger partial charge in [-0.1, -0.05) is 0 Å². The Bertz CT molecular complexity index is 608. The highest BCUT2D eigenvalue weighted by Crippen LogP contribution is 2.33. The Labute approximate surface area is 126 Å². The second-order valence-electron chi connectivity index (χ2n) is 5.18. The van der Waals surface area contributed by atoms with Crippen molar-refractivity contribution in [3.8, 4) is 11.5 Å². The Morgan fingerprint density at radius 3 is 2.05 bits per heavy atom. The fraction of sp³-hybridized carbons (Fsp3) is 0.571. The van der Waals surface area contributed by atoms with Gasteiger partial charge in [0, 0.05) is 32.2 Å². The SMILES string of the molecule is COc1cc(C)c(S(=O)(=O)N2CCN(C)CC2)cc1OC. The molecule has 0 saturated carbocycles. The number of hydrogen-bond acceptors (Lipinski definition) is 5. The molecule has 0 N–H and O–H groups in total. The van der Waals surface area contributed by atoms with E-state index in [1.807, 2.05) is 7.05 Å². The zero-order chi connectivity index (χ0) is 15.6. The van der Waals surface area contributed by atoms with Crippen molar-refractivity contribution in [3.63, 3.8) is 0 Å². The summed E-state index contributed by atoms with van der Waals surface area (Å²) in [7, 11) is 1.52. The van der Waals surface area contributed by atoms with Gasteiger partial charge in [-0.3, -0.25) is 0 Å². The summed E-state index contributed by atoms with van der Waals surface area (Å²) in [6.45, 7) is 4.27. The maximum Gasteiger partial charge on any atom is 0.243 e. The molecule has 0 bridgehead atoms. The number of nitrogens with zero attached hydrogens (tertiary/aromatic N) is 2. The maximum atomic E-state index is 12.8. The van der Waals surface area contributed by atoms with Gasteiger partial charge >= 0.3 is 0 Å². The van der Waals surface area contributed by atoms with E-state index in [4.69, 9.17) is 9.47 Å². The lowest BCUT2D eigenvalue weighted by atomic mass is 10.2. The Morgan fingerprint density at radius 2 is 1.52 bits per heavy atom. The van der Waals surface area contributed by atoms with Crippen molar-refractivity contribution in [2.75, 3.05) is 47.4 Å². The van der Waals surface area contributed by atoms with E-state index in [0.29, 0.717) is 30.2 Å². The summed E-state index contributed by atoms with van der Waals surface area (Å²) in [5, 5.41) is 0. The topological polar surface area (TPSA) is 59.1 Å². The number of hydrogen-bond donors (Lipinski definition) is 0. The summed E-state index contributed by atoms with van der Waals surface area (Å²) in [5.41, 5.74) is 0.659. The number of sulfonamides is 1. The van der Waals surface area contributed by atoms with Gasteiger partial charge in [0.1, 0.15) is 0 Å². The zero-order valence-electron chi connectivity index (χ0n) is 12.9. The fourth-order valence-corrected chi connectivity index (χ4v) is 4.05. The molecular formula is C14H22N2O4S. The lowest BCUT2D eigenvalue weighted by Gasteiger charge is -2.32. The molecule has 1 heterocycles. The normalized spacial score (nSPS) is 17.7. The van der Waals surface area contributed by atoms with Gasteiger partial charge in [-0.15, -0.1) is 0 Å². The van der Waals surface area contributed by atoms with Crippen molar-refractivity contribution >= 4 is 10.0 Å². The predicted molar refractivity (Wildman–Crippen MR) is 80.5 cm³/mol. The van der Waals surface area contributed by atoms with Crippen LogP contribution in [0.25, 0.3) is 0 Å². The smallest absolute Gasteiger partial charge is 0.243 e. The van der Waals surface area contributed by atoms with Crippen LogP contribution >= 0.6 is 0 Å². The molecule has 1 aliphatic heterocycles. The highest BCUT2D eigenvalue weighted by Gasteiger charge is 2.29. The van der Waals surface area contributed by atoms with Crippen LogP contribution in [0.1, 0.15) is 5.56 Å². The minimum absolute atomic E-state index is 0.282. The van der Waals surface area contributed by atoms with Crippen LogP contribution in [0.5, 0.6) is 11.5 Å². The third kappa shape index (κ3) is 3.14. The fourth-order valence-electron chi connectivity index (χ4n) is 2.41. The largest absolute Gasteiger partial charge is 0.493 e. The van der Waals surface area contributed by atoms with Crippen LogP contribution in [0, 0.1) is 6.92 Å². The molecule has 2 rings (SSSR count). The third-order valence-corrected chi connectivity index (χ3v) is 5.80. The summed E-state index contributed by atoms with van der Waals surface area (Å²) in [5.74, 6) is 0.961. The summed E-state index contributed by atoms with van der Waals surface area (Å²) in [6, 6.07) is 3.24. The van der Waals surface area contributed by atoms with Crippen LogP contribution < -0.4 is 9.47 Å². The van der Waals surface area contributed by atoms with Crippen molar-refractivity contribution in [2.24, 2.45) is 0 Å². The van der Waals surface area contributed by atoms with Gasteiger partial charge in [0.25, 0.3) is 0 Å². The van der Waals surface area contributed by atoms with Crippen molar-refractivity contribution in [1.29, 1.82) is 0 Å². The average Bonchev–Trinajstić information content (AvgIpc) is 2.47. The van der Waals surface area contributed by atoms with E-state index in [-0.39, 0.29) is 4.90 Å². The van der Waals surface area contributed by atoms with Crippen LogP contribution in [0.3, 0.4) is 0 Å². The maximum absolute atomic E-state index is 12.8. The standard InChI is InChI=1S/C14H22N2O4S/c1-11-9-12(19-3)13(20-4)10-14(11)21(17,18)16-7-5-15(2)6-8-16/h9-10H,5-8H2,1-4H3. The number of ether oxygens (including phenoxy) is 2. The molecule has 0 aromatic heterocycles. The van der Waals surface area contributed by atoms with Gasteiger partial charge < -0.3 is 14.4 Å². The van der Waals surface area contributed by atoms with Crippen molar-refractivity contribution in [3.05, 3.63) is 17.7 Å². The van der Waals surface area contributed by atoms with E-state index in [0.717, 1.165) is 13.1 Å². The third-order valence-electron chi connectivity index (χ3n) is 3.76. The molecule has 1 fully saturated rings. The lowest BCUT2D eigenvalue weighted by Crippen LogP contribution is -2.47. The molecule has 0 spiro atoms. The second kappa shape index (κ2) is 6.21. The van der Waals surface area contributed by atoms with Crippen LogP contribution in [0.2, 0.25) is 0 Å². The van der Waals surface area contributed by atoms with E-state index in [2.05, 4.69) is 4.90 Å². The van der Waals surface area contributed by atoms with Gasteiger partial charge in [-0.05, 0) is 25.6 Å². The number of aryl methyl sites for hydroxylation is 1. The Hall–Kier alpha value is -1.31. The minimum atomic E-state index is -3.50. The van der Waals surface area contributed by atoms with Gasteiger partial charge in [0.2, 0.25) is 10.0 Å². The van der Waals surface area contributed by atoms with Gasteiger partial charge in [0.05, 0.1) is 19.1 Å². The van der Waals surface area contributed by atoms with Gasteiger partial charge in [-0.2, -0.15) is 4.31 Å². The molecule has 1 saturated heterocycles. The molecule has 0 radical (unpaired) electrons. The summed E-state index contributed by atoms with van der Waals surface area (Å²) < 4.78 is 37.5. The monoisotopic (exact) mass is 314 g/mol. The Kier molecular flexibility index (Phi) is 4.75. The molecule has 0 atom stereocenters. The van der Waals surface area contributed by atoms with Gasteiger partial charge in [-0.25, -0.2) is 8.42 Å². The Balaban J connectivity index is 2.40. The first-order valence-electron chi connectivity index (χ1n) is 6.81. The summed E-state index contributed by atoms with van der Waals surface area (Å²) in [4.78, 5) is 2.40. The number of methoxy groups -OCH3 is 2. The van der Waals surface area contributed by atoms with E-state index in [1.165, 1.54) is 18.5 Å². The van der Waals surface area contributed by atoms with Crippen LogP contribution in [0.4, 0.5) is 0 Å². The Morgan fingerprint density at radius 1 is 1.00 bits per heavy atom. The summed E-state index contributed by atoms with van der Waals surface area (Å²) in [6.07, 6.45) is 0.